The first-order chi connectivity index (χ1) is 4.81. The predicted octanol–water partition coefficient (Wildman–Crippen LogP) is 1.33. The van der Waals surface area contributed by atoms with Crippen molar-refractivity contribution in [2.75, 3.05) is 0 Å². The van der Waals surface area contributed by atoms with Crippen LogP contribution in [0.15, 0.2) is 12.3 Å². The van der Waals surface area contributed by atoms with Crippen molar-refractivity contribution in [3.63, 3.8) is 0 Å². The van der Waals surface area contributed by atoms with Gasteiger partial charge in [-0.15, -0.1) is 6.07 Å². The summed E-state index contributed by atoms with van der Waals surface area (Å²) in [6.07, 6.45) is 7.00. The fourth-order valence-corrected chi connectivity index (χ4v) is 0.970. The first-order valence-electron chi connectivity index (χ1n) is 3.51. The Labute approximate surface area is 80.7 Å². The molecule has 0 bridgehead atoms. The van der Waals surface area contributed by atoms with Gasteiger partial charge in [-0.2, -0.15) is 0 Å². The fourth-order valence-electron chi connectivity index (χ4n) is 0.970. The van der Waals surface area contributed by atoms with Crippen molar-refractivity contribution in [1.29, 1.82) is 0 Å². The van der Waals surface area contributed by atoms with E-state index in [0.717, 1.165) is 5.82 Å². The molecule has 0 saturated heterocycles. The monoisotopic (exact) mass is 317 g/mol. The molecular formula is C8H9N2W-. The summed E-state index contributed by atoms with van der Waals surface area (Å²) in [4.78, 5) is 8.25. The molecule has 3 heteroatoms. The maximum absolute atomic E-state index is 4.17. The van der Waals surface area contributed by atoms with E-state index in [1.807, 2.05) is 0 Å². The van der Waals surface area contributed by atoms with Gasteiger partial charge in [0.25, 0.3) is 0 Å². The van der Waals surface area contributed by atoms with Gasteiger partial charge in [-0.1, -0.05) is 32.2 Å². The van der Waals surface area contributed by atoms with Gasteiger partial charge in [-0.05, 0) is 5.41 Å². The molecule has 0 N–H and O–H groups in total. The van der Waals surface area contributed by atoms with Crippen LogP contribution in [0.4, 0.5) is 0 Å². The second-order valence-corrected chi connectivity index (χ2v) is 3.07. The second kappa shape index (κ2) is 3.02. The van der Waals surface area contributed by atoms with Crippen LogP contribution in [0.25, 0.3) is 0 Å². The minimum atomic E-state index is 0. The van der Waals surface area contributed by atoms with Crippen LogP contribution >= 0.6 is 0 Å². The molecular weight excluding hydrogens is 308 g/mol. The van der Waals surface area contributed by atoms with Crippen LogP contribution in [-0.4, -0.2) is 9.97 Å². The quantitative estimate of drug-likeness (QED) is 0.730. The van der Waals surface area contributed by atoms with Crippen molar-refractivity contribution in [3.8, 4) is 0 Å². The minimum Gasteiger partial charge on any atom is -0.373 e. The summed E-state index contributed by atoms with van der Waals surface area (Å²) in [5, 5.41) is 0. The molecule has 0 radical (unpaired) electrons. The van der Waals surface area contributed by atoms with Gasteiger partial charge in [0.05, 0.1) is 0 Å². The first kappa shape index (κ1) is 8.86. The van der Waals surface area contributed by atoms with Crippen molar-refractivity contribution in [1.82, 2.24) is 9.97 Å². The van der Waals surface area contributed by atoms with Crippen molar-refractivity contribution >= 4 is 0 Å². The summed E-state index contributed by atoms with van der Waals surface area (Å²) in [6, 6.07) is 1.73. The number of hydrogen-bond donors (Lipinski definition) is 0. The average molecular weight is 317 g/mol. The zero-order valence-corrected chi connectivity index (χ0v) is 9.30. The van der Waals surface area contributed by atoms with E-state index in [2.05, 4.69) is 23.1 Å². The minimum absolute atomic E-state index is 0. The number of aromatic nitrogens is 2. The molecule has 58 valence electrons. The van der Waals surface area contributed by atoms with Crippen LogP contribution in [0.5, 0.6) is 0 Å². The Morgan fingerprint density at radius 1 is 1.55 bits per heavy atom. The van der Waals surface area contributed by atoms with E-state index in [-0.39, 0.29) is 26.5 Å². The Balaban J connectivity index is 0.000000605. The number of rotatable bonds is 1. The van der Waals surface area contributed by atoms with Crippen molar-refractivity contribution < 1.29 is 21.1 Å². The van der Waals surface area contributed by atoms with Gasteiger partial charge in [0.1, 0.15) is 0 Å². The van der Waals surface area contributed by atoms with E-state index >= 15 is 0 Å². The molecule has 1 saturated carbocycles. The van der Waals surface area contributed by atoms with Gasteiger partial charge in [0.15, 0.2) is 0 Å². The van der Waals surface area contributed by atoms with E-state index < -0.39 is 0 Å². The summed E-state index contributed by atoms with van der Waals surface area (Å²) in [7, 11) is 0. The molecule has 11 heavy (non-hydrogen) atoms. The van der Waals surface area contributed by atoms with Crippen molar-refractivity contribution in [3.05, 3.63) is 24.3 Å². The van der Waals surface area contributed by atoms with Gasteiger partial charge in [0.2, 0.25) is 0 Å². The molecule has 0 unspecified atom stereocenters. The molecule has 2 rings (SSSR count). The fraction of sp³-hybridized carbons (Fsp3) is 0.500. The Kier molecular flexibility index (Phi) is 2.43. The maximum atomic E-state index is 4.17. The van der Waals surface area contributed by atoms with Crippen LogP contribution in [0.1, 0.15) is 25.6 Å². The van der Waals surface area contributed by atoms with Gasteiger partial charge in [0, 0.05) is 26.9 Å². The molecule has 1 aliphatic carbocycles. The molecule has 0 amide bonds. The summed E-state index contributed by atoms with van der Waals surface area (Å²) in [5.74, 6) is 0.954. The van der Waals surface area contributed by atoms with Gasteiger partial charge >= 0.3 is 0 Å². The molecule has 0 aliphatic heterocycles. The standard InChI is InChI=1S/C8H9N2.W/c1-8(3-4-8)7-9-5-2-6-10-7;/h2,5H,3-4H2,1H3;/q-1;. The molecule has 0 atom stereocenters. The van der Waals surface area contributed by atoms with E-state index in [9.17, 15) is 0 Å². The van der Waals surface area contributed by atoms with E-state index in [1.165, 1.54) is 12.8 Å². The Bertz CT molecular complexity index is 231. The van der Waals surface area contributed by atoms with Crippen LogP contribution < -0.4 is 0 Å². The molecule has 1 aromatic heterocycles. The Morgan fingerprint density at radius 2 is 2.27 bits per heavy atom. The normalized spacial score (nSPS) is 18.6. The van der Waals surface area contributed by atoms with Crippen molar-refractivity contribution in [2.45, 2.75) is 25.2 Å². The van der Waals surface area contributed by atoms with E-state index in [1.54, 1.807) is 12.3 Å². The summed E-state index contributed by atoms with van der Waals surface area (Å²) in [6.45, 7) is 2.19. The van der Waals surface area contributed by atoms with E-state index in [4.69, 9.17) is 0 Å². The third-order valence-corrected chi connectivity index (χ3v) is 2.06. The van der Waals surface area contributed by atoms with E-state index in [0.29, 0.717) is 0 Å². The third kappa shape index (κ3) is 1.67. The van der Waals surface area contributed by atoms with Gasteiger partial charge in [-0.25, -0.2) is 0 Å². The zero-order chi connectivity index (χ0) is 7.03. The topological polar surface area (TPSA) is 25.8 Å². The number of nitrogens with zero attached hydrogens (tertiary/aromatic N) is 2. The molecule has 1 fully saturated rings. The average Bonchev–Trinajstić information content (AvgIpc) is 2.72. The molecule has 0 aromatic carbocycles. The summed E-state index contributed by atoms with van der Waals surface area (Å²) < 4.78 is 0. The zero-order valence-electron chi connectivity index (χ0n) is 6.37. The largest absolute Gasteiger partial charge is 0.373 e. The van der Waals surface area contributed by atoms with Gasteiger partial charge in [-0.3, -0.25) is 0 Å². The predicted molar refractivity (Wildman–Crippen MR) is 37.5 cm³/mol. The Hall–Kier alpha value is -0.232. The molecule has 1 heterocycles. The Morgan fingerprint density at radius 3 is 2.73 bits per heavy atom. The van der Waals surface area contributed by atoms with Gasteiger partial charge < -0.3 is 9.97 Å². The molecule has 0 spiro atoms. The van der Waals surface area contributed by atoms with Crippen LogP contribution in [0.3, 0.4) is 0 Å². The molecule has 2 nitrogen and oxygen atoms in total. The van der Waals surface area contributed by atoms with Crippen LogP contribution in [0.2, 0.25) is 0 Å². The van der Waals surface area contributed by atoms with Crippen LogP contribution in [0, 0.1) is 6.20 Å². The maximum Gasteiger partial charge on any atom is 0.0196 e. The number of hydrogen-bond acceptors (Lipinski definition) is 2. The smallest absolute Gasteiger partial charge is 0.0196 e. The first-order valence-corrected chi connectivity index (χ1v) is 3.51. The van der Waals surface area contributed by atoms with Crippen LogP contribution in [-0.2, 0) is 26.5 Å². The second-order valence-electron chi connectivity index (χ2n) is 3.07. The SMILES string of the molecule is CC1(c2n[c-]ccn2)CC1.[W]. The summed E-state index contributed by atoms with van der Waals surface area (Å²) >= 11 is 0. The molecule has 1 aliphatic rings. The molecule has 1 aromatic rings. The summed E-state index contributed by atoms with van der Waals surface area (Å²) in [5.41, 5.74) is 0.289. The van der Waals surface area contributed by atoms with Crippen molar-refractivity contribution in [2.24, 2.45) is 0 Å². The third-order valence-electron chi connectivity index (χ3n) is 2.06.